The second-order valence-electron chi connectivity index (χ2n) is 5.23. The fraction of sp³-hybridized carbons (Fsp3) is 0.263. The summed E-state index contributed by atoms with van der Waals surface area (Å²) in [5.41, 5.74) is 1.06. The average Bonchev–Trinajstić information content (AvgIpc) is 2.63. The van der Waals surface area contributed by atoms with Gasteiger partial charge >= 0.3 is 0 Å². The maximum atomic E-state index is 12.0. The van der Waals surface area contributed by atoms with Crippen LogP contribution in [0.25, 0.3) is 0 Å². The monoisotopic (exact) mass is 324 g/mol. The molecule has 5 heteroatoms. The van der Waals surface area contributed by atoms with E-state index in [1.54, 1.807) is 13.1 Å². The second-order valence-corrected chi connectivity index (χ2v) is 5.23. The molecule has 0 bridgehead atoms. The third-order valence-electron chi connectivity index (χ3n) is 3.42. The Morgan fingerprint density at radius 3 is 2.33 bits per heavy atom. The number of carbonyl (C=O) groups excluding carboxylic acids is 1. The third kappa shape index (κ3) is 5.33. The summed E-state index contributed by atoms with van der Waals surface area (Å²) in [4.78, 5) is 13.4. The molecule has 124 valence electrons. The van der Waals surface area contributed by atoms with E-state index >= 15 is 0 Å². The first kappa shape index (κ1) is 17.4. The van der Waals surface area contributed by atoms with Crippen LogP contribution in [0.1, 0.15) is 12.0 Å². The molecule has 0 unspecified atom stereocenters. The topological polar surface area (TPSA) is 62.6 Å². The summed E-state index contributed by atoms with van der Waals surface area (Å²) in [5.74, 6) is 0.937. The molecule has 5 nitrogen and oxygen atoms in total. The van der Waals surface area contributed by atoms with Crippen molar-refractivity contribution in [1.29, 1.82) is 5.26 Å². The largest absolute Gasteiger partial charge is 0.485 e. The Balaban J connectivity index is 1.91. The fourth-order valence-electron chi connectivity index (χ4n) is 2.02. The number of para-hydroxylation sites is 2. The predicted octanol–water partition coefficient (Wildman–Crippen LogP) is 3.02. The van der Waals surface area contributed by atoms with Gasteiger partial charge in [0, 0.05) is 13.6 Å². The summed E-state index contributed by atoms with van der Waals surface area (Å²) < 4.78 is 11.4. The highest BCUT2D eigenvalue weighted by molar-refractivity contribution is 5.77. The Morgan fingerprint density at radius 2 is 1.67 bits per heavy atom. The van der Waals surface area contributed by atoms with E-state index in [-0.39, 0.29) is 12.5 Å². The number of hydrogen-bond donors (Lipinski definition) is 0. The number of carbonyl (C=O) groups is 1. The van der Waals surface area contributed by atoms with E-state index < -0.39 is 0 Å². The summed E-state index contributed by atoms with van der Waals surface area (Å²) in [6.45, 7) is 0.732. The minimum absolute atomic E-state index is 0.0896. The van der Waals surface area contributed by atoms with Gasteiger partial charge < -0.3 is 14.4 Å². The zero-order valence-electron chi connectivity index (χ0n) is 13.6. The van der Waals surface area contributed by atoms with E-state index in [9.17, 15) is 4.79 Å². The van der Waals surface area contributed by atoms with E-state index in [2.05, 4.69) is 0 Å². The van der Waals surface area contributed by atoms with Crippen LogP contribution in [0.15, 0.2) is 54.6 Å². The number of ether oxygens (including phenoxy) is 2. The summed E-state index contributed by atoms with van der Waals surface area (Å²) in [7, 11) is 1.65. The predicted molar refractivity (Wildman–Crippen MR) is 90.6 cm³/mol. The van der Waals surface area contributed by atoms with Gasteiger partial charge in [-0.05, 0) is 17.7 Å². The average molecular weight is 324 g/mol. The van der Waals surface area contributed by atoms with Gasteiger partial charge in [-0.3, -0.25) is 4.79 Å². The van der Waals surface area contributed by atoms with Gasteiger partial charge in [-0.2, -0.15) is 5.26 Å². The molecule has 2 aromatic rings. The molecule has 0 aromatic heterocycles. The summed E-state index contributed by atoms with van der Waals surface area (Å²) >= 11 is 0. The molecule has 0 spiro atoms. The molecule has 0 aliphatic carbocycles. The molecular formula is C19H20N2O3. The molecule has 0 N–H and O–H groups in total. The number of nitrogens with zero attached hydrogens (tertiary/aromatic N) is 2. The fourth-order valence-corrected chi connectivity index (χ4v) is 2.02. The maximum Gasteiger partial charge on any atom is 0.260 e. The van der Waals surface area contributed by atoms with Gasteiger partial charge in [0.05, 0.1) is 12.5 Å². The molecule has 0 aliphatic heterocycles. The SMILES string of the molecule is CN(CCC#N)C(=O)COc1ccccc1OCc1ccccc1. The lowest BCUT2D eigenvalue weighted by atomic mass is 10.2. The lowest BCUT2D eigenvalue weighted by Gasteiger charge is -2.17. The quantitative estimate of drug-likeness (QED) is 0.749. The van der Waals surface area contributed by atoms with Gasteiger partial charge in [0.1, 0.15) is 6.61 Å². The van der Waals surface area contributed by atoms with Crippen molar-refractivity contribution >= 4 is 5.91 Å². The van der Waals surface area contributed by atoms with Crippen molar-refractivity contribution in [2.45, 2.75) is 13.0 Å². The molecule has 24 heavy (non-hydrogen) atoms. The van der Waals surface area contributed by atoms with Crippen LogP contribution in [0, 0.1) is 11.3 Å². The van der Waals surface area contributed by atoms with Crippen molar-refractivity contribution in [3.63, 3.8) is 0 Å². The Bertz CT molecular complexity index is 695. The summed E-state index contributed by atoms with van der Waals surface area (Å²) in [6, 6.07) is 19.1. The van der Waals surface area contributed by atoms with E-state index in [1.165, 1.54) is 4.90 Å². The van der Waals surface area contributed by atoms with E-state index in [0.29, 0.717) is 31.1 Å². The molecule has 0 saturated carbocycles. The van der Waals surface area contributed by atoms with Gasteiger partial charge in [-0.15, -0.1) is 0 Å². The van der Waals surface area contributed by atoms with Crippen LogP contribution < -0.4 is 9.47 Å². The van der Waals surface area contributed by atoms with Crippen LogP contribution >= 0.6 is 0 Å². The van der Waals surface area contributed by atoms with Crippen LogP contribution in [0.3, 0.4) is 0 Å². The number of rotatable bonds is 8. The molecule has 0 saturated heterocycles. The summed E-state index contributed by atoms with van der Waals surface area (Å²) in [6.07, 6.45) is 0.305. The van der Waals surface area contributed by atoms with Crippen LogP contribution in [0.2, 0.25) is 0 Å². The highest BCUT2D eigenvalue weighted by atomic mass is 16.5. The third-order valence-corrected chi connectivity index (χ3v) is 3.42. The van der Waals surface area contributed by atoms with E-state index in [0.717, 1.165) is 5.56 Å². The zero-order valence-corrected chi connectivity index (χ0v) is 13.6. The van der Waals surface area contributed by atoms with Crippen molar-refractivity contribution in [1.82, 2.24) is 4.90 Å². The minimum Gasteiger partial charge on any atom is -0.485 e. The van der Waals surface area contributed by atoms with Gasteiger partial charge in [0.2, 0.25) is 0 Å². The Labute approximate surface area is 142 Å². The second kappa shape index (κ2) is 9.21. The number of likely N-dealkylation sites (N-methyl/N-ethyl adjacent to an activating group) is 1. The van der Waals surface area contributed by atoms with Crippen molar-refractivity contribution in [3.05, 3.63) is 60.2 Å². The number of amides is 1. The van der Waals surface area contributed by atoms with E-state index in [4.69, 9.17) is 14.7 Å². The molecular weight excluding hydrogens is 304 g/mol. The van der Waals surface area contributed by atoms with Gasteiger partial charge in [0.15, 0.2) is 18.1 Å². The van der Waals surface area contributed by atoms with Crippen molar-refractivity contribution in [2.24, 2.45) is 0 Å². The lowest BCUT2D eigenvalue weighted by Crippen LogP contribution is -2.32. The van der Waals surface area contributed by atoms with Crippen LogP contribution in [-0.4, -0.2) is 31.0 Å². The van der Waals surface area contributed by atoms with Crippen LogP contribution in [0.4, 0.5) is 0 Å². The van der Waals surface area contributed by atoms with Gasteiger partial charge in [-0.25, -0.2) is 0 Å². The van der Waals surface area contributed by atoms with Crippen molar-refractivity contribution in [2.75, 3.05) is 20.2 Å². The number of hydrogen-bond acceptors (Lipinski definition) is 4. The first-order valence-corrected chi connectivity index (χ1v) is 7.70. The Morgan fingerprint density at radius 1 is 1.04 bits per heavy atom. The molecule has 2 aromatic carbocycles. The molecule has 2 rings (SSSR count). The molecule has 1 amide bonds. The molecule has 0 fully saturated rings. The first-order chi connectivity index (χ1) is 11.7. The van der Waals surface area contributed by atoms with Crippen molar-refractivity contribution < 1.29 is 14.3 Å². The van der Waals surface area contributed by atoms with Crippen molar-refractivity contribution in [3.8, 4) is 17.6 Å². The highest BCUT2D eigenvalue weighted by Gasteiger charge is 2.11. The molecule has 0 heterocycles. The number of nitriles is 1. The summed E-state index contributed by atoms with van der Waals surface area (Å²) in [5, 5.41) is 8.56. The van der Waals surface area contributed by atoms with Gasteiger partial charge in [0.25, 0.3) is 5.91 Å². The maximum absolute atomic E-state index is 12.0. The standard InChI is InChI=1S/C19H20N2O3/c1-21(13-7-12-20)19(22)15-24-18-11-6-5-10-17(18)23-14-16-8-3-2-4-9-16/h2-6,8-11H,7,13-15H2,1H3. The Hall–Kier alpha value is -3.00. The zero-order chi connectivity index (χ0) is 17.2. The minimum atomic E-state index is -0.178. The Kier molecular flexibility index (Phi) is 6.66. The normalized spacial score (nSPS) is 9.83. The smallest absolute Gasteiger partial charge is 0.260 e. The molecule has 0 aliphatic rings. The highest BCUT2D eigenvalue weighted by Crippen LogP contribution is 2.27. The van der Waals surface area contributed by atoms with Crippen LogP contribution in [-0.2, 0) is 11.4 Å². The molecule has 0 atom stereocenters. The first-order valence-electron chi connectivity index (χ1n) is 7.70. The van der Waals surface area contributed by atoms with Gasteiger partial charge in [-0.1, -0.05) is 42.5 Å². The lowest BCUT2D eigenvalue weighted by molar-refractivity contribution is -0.132. The van der Waals surface area contributed by atoms with E-state index in [1.807, 2.05) is 54.6 Å². The molecule has 0 radical (unpaired) electrons. The number of benzene rings is 2. The van der Waals surface area contributed by atoms with Crippen LogP contribution in [0.5, 0.6) is 11.5 Å².